The van der Waals surface area contributed by atoms with Gasteiger partial charge < -0.3 is 10.4 Å². The first-order valence-electron chi connectivity index (χ1n) is 6.04. The molecule has 2 rings (SSSR count). The van der Waals surface area contributed by atoms with E-state index in [2.05, 4.69) is 10.3 Å². The quantitative estimate of drug-likeness (QED) is 0.652. The highest BCUT2D eigenvalue weighted by atomic mass is 35.5. The molecule has 0 fully saturated rings. The van der Waals surface area contributed by atoms with Gasteiger partial charge in [0.25, 0.3) is 0 Å². The maximum Gasteiger partial charge on any atom is 0.304 e. The highest BCUT2D eigenvalue weighted by Crippen LogP contribution is 2.21. The number of nitrogens with one attached hydrogen (secondary N) is 1. The number of carboxylic acids is 1. The molecule has 5 heteroatoms. The van der Waals surface area contributed by atoms with E-state index in [0.717, 1.165) is 22.0 Å². The van der Waals surface area contributed by atoms with E-state index in [1.165, 1.54) is 0 Å². The molecule has 0 aliphatic carbocycles. The predicted octanol–water partition coefficient (Wildman–Crippen LogP) is 2.76. The number of hydrogen-bond donors (Lipinski definition) is 2. The first kappa shape index (κ1) is 13.8. The lowest BCUT2D eigenvalue weighted by molar-refractivity contribution is -0.136. The second-order valence-corrected chi connectivity index (χ2v) is 4.81. The Hall–Kier alpha value is -1.65. The van der Waals surface area contributed by atoms with Gasteiger partial charge in [-0.3, -0.25) is 4.79 Å². The Bertz CT molecular complexity index is 614. The minimum absolute atomic E-state index is 0.0951. The molecule has 1 heterocycles. The highest BCUT2D eigenvalue weighted by molar-refractivity contribution is 6.30. The van der Waals surface area contributed by atoms with Crippen LogP contribution in [0.1, 0.15) is 17.5 Å². The van der Waals surface area contributed by atoms with E-state index in [9.17, 15) is 4.79 Å². The van der Waals surface area contributed by atoms with Crippen LogP contribution in [0.4, 0.5) is 0 Å². The largest absolute Gasteiger partial charge is 0.481 e. The fraction of sp³-hybridized carbons (Fsp3) is 0.286. The van der Waals surface area contributed by atoms with E-state index < -0.39 is 5.97 Å². The van der Waals surface area contributed by atoms with Crippen molar-refractivity contribution in [2.24, 2.45) is 0 Å². The summed E-state index contributed by atoms with van der Waals surface area (Å²) >= 11 is 6.13. The molecule has 0 amide bonds. The van der Waals surface area contributed by atoms with E-state index in [1.54, 1.807) is 0 Å². The van der Waals surface area contributed by atoms with Crippen LogP contribution in [0.15, 0.2) is 24.3 Å². The van der Waals surface area contributed by atoms with Crippen LogP contribution in [0.2, 0.25) is 5.15 Å². The van der Waals surface area contributed by atoms with E-state index >= 15 is 0 Å². The van der Waals surface area contributed by atoms with E-state index in [1.807, 2.05) is 31.2 Å². The average molecular weight is 279 g/mol. The van der Waals surface area contributed by atoms with Crippen LogP contribution in [0.5, 0.6) is 0 Å². The summed E-state index contributed by atoms with van der Waals surface area (Å²) in [7, 11) is 0. The summed E-state index contributed by atoms with van der Waals surface area (Å²) in [6.45, 7) is 2.94. The van der Waals surface area contributed by atoms with Crippen molar-refractivity contribution in [3.8, 4) is 0 Å². The Morgan fingerprint density at radius 3 is 2.95 bits per heavy atom. The summed E-state index contributed by atoms with van der Waals surface area (Å²) in [5, 5.41) is 13.1. The molecule has 4 nitrogen and oxygen atoms in total. The van der Waals surface area contributed by atoms with Crippen molar-refractivity contribution >= 4 is 28.5 Å². The number of hydrogen-bond acceptors (Lipinski definition) is 3. The number of carboxylic acid groups (broad SMARTS) is 1. The maximum atomic E-state index is 10.4. The van der Waals surface area contributed by atoms with Crippen LogP contribution in [0.25, 0.3) is 10.9 Å². The molecule has 0 spiro atoms. The molecule has 1 aromatic carbocycles. The van der Waals surface area contributed by atoms with Gasteiger partial charge in [-0.1, -0.05) is 23.7 Å². The molecular weight excluding hydrogens is 264 g/mol. The van der Waals surface area contributed by atoms with Gasteiger partial charge in [0.1, 0.15) is 5.15 Å². The number of aliphatic carboxylic acids is 1. The number of benzene rings is 1. The fourth-order valence-electron chi connectivity index (χ4n) is 1.84. The molecule has 0 saturated carbocycles. The first-order valence-corrected chi connectivity index (χ1v) is 6.42. The zero-order valence-corrected chi connectivity index (χ0v) is 11.4. The smallest absolute Gasteiger partial charge is 0.304 e. The number of aryl methyl sites for hydroxylation is 1. The van der Waals surface area contributed by atoms with Crippen LogP contribution < -0.4 is 5.32 Å². The molecule has 0 saturated heterocycles. The molecule has 0 aliphatic heterocycles. The zero-order valence-electron chi connectivity index (χ0n) is 10.6. The van der Waals surface area contributed by atoms with Crippen LogP contribution in [0.3, 0.4) is 0 Å². The summed E-state index contributed by atoms with van der Waals surface area (Å²) < 4.78 is 0. The molecule has 100 valence electrons. The minimum Gasteiger partial charge on any atom is -0.481 e. The number of nitrogens with zero attached hydrogens (tertiary/aromatic N) is 1. The predicted molar refractivity (Wildman–Crippen MR) is 75.4 cm³/mol. The summed E-state index contributed by atoms with van der Waals surface area (Å²) in [6, 6.07) is 8.01. The number of aromatic nitrogens is 1. The third-order valence-electron chi connectivity index (χ3n) is 2.83. The summed E-state index contributed by atoms with van der Waals surface area (Å²) in [4.78, 5) is 14.8. The second-order valence-electron chi connectivity index (χ2n) is 4.45. The van der Waals surface area contributed by atoms with Crippen LogP contribution >= 0.6 is 11.6 Å². The Morgan fingerprint density at radius 1 is 1.42 bits per heavy atom. The van der Waals surface area contributed by atoms with Crippen molar-refractivity contribution in [3.05, 3.63) is 40.5 Å². The molecule has 0 atom stereocenters. The lowest BCUT2D eigenvalue weighted by Crippen LogP contribution is -2.18. The van der Waals surface area contributed by atoms with Crippen LogP contribution in [-0.4, -0.2) is 22.6 Å². The molecule has 0 bridgehead atoms. The molecule has 0 aliphatic rings. The number of pyridine rings is 1. The minimum atomic E-state index is -0.814. The normalized spacial score (nSPS) is 10.8. The van der Waals surface area contributed by atoms with Crippen molar-refractivity contribution in [2.45, 2.75) is 19.9 Å². The number of halogens is 1. The van der Waals surface area contributed by atoms with Gasteiger partial charge >= 0.3 is 5.97 Å². The van der Waals surface area contributed by atoms with Crippen LogP contribution in [0, 0.1) is 6.92 Å². The zero-order chi connectivity index (χ0) is 13.8. The maximum absolute atomic E-state index is 10.4. The standard InChI is InChI=1S/C14H15ClN2O2/c1-9-2-3-10-7-11(8-16-5-4-13(18)19)14(15)17-12(10)6-9/h2-3,6-7,16H,4-5,8H2,1H3,(H,18,19). The lowest BCUT2D eigenvalue weighted by atomic mass is 10.1. The van der Waals surface area contributed by atoms with Gasteiger partial charge in [-0.25, -0.2) is 4.98 Å². The monoisotopic (exact) mass is 278 g/mol. The van der Waals surface area contributed by atoms with Gasteiger partial charge in [0.15, 0.2) is 0 Å². The fourth-order valence-corrected chi connectivity index (χ4v) is 2.05. The molecule has 1 aromatic heterocycles. The molecular formula is C14H15ClN2O2. The SMILES string of the molecule is Cc1ccc2cc(CNCCC(=O)O)c(Cl)nc2c1. The van der Waals surface area contributed by atoms with Gasteiger partial charge in [0.05, 0.1) is 11.9 Å². The van der Waals surface area contributed by atoms with Gasteiger partial charge in [-0.15, -0.1) is 0 Å². The van der Waals surface area contributed by atoms with Gasteiger partial charge in [-0.2, -0.15) is 0 Å². The molecule has 2 N–H and O–H groups in total. The number of fused-ring (bicyclic) bond motifs is 1. The summed E-state index contributed by atoms with van der Waals surface area (Å²) in [6.07, 6.45) is 0.0951. The van der Waals surface area contributed by atoms with Gasteiger partial charge in [0.2, 0.25) is 0 Å². The van der Waals surface area contributed by atoms with Crippen molar-refractivity contribution in [2.75, 3.05) is 6.54 Å². The van der Waals surface area contributed by atoms with Crippen molar-refractivity contribution in [1.82, 2.24) is 10.3 Å². The van der Waals surface area contributed by atoms with Crippen LogP contribution in [-0.2, 0) is 11.3 Å². The third-order valence-corrected chi connectivity index (χ3v) is 3.16. The Kier molecular flexibility index (Phi) is 4.35. The van der Waals surface area contributed by atoms with Crippen molar-refractivity contribution in [3.63, 3.8) is 0 Å². The van der Waals surface area contributed by atoms with E-state index in [4.69, 9.17) is 16.7 Å². The Morgan fingerprint density at radius 2 is 2.21 bits per heavy atom. The van der Waals surface area contributed by atoms with Gasteiger partial charge in [0, 0.05) is 24.0 Å². The number of carbonyl (C=O) groups is 1. The molecule has 2 aromatic rings. The lowest BCUT2D eigenvalue weighted by Gasteiger charge is -2.07. The van der Waals surface area contributed by atoms with Crippen molar-refractivity contribution in [1.29, 1.82) is 0 Å². The Balaban J connectivity index is 2.12. The second kappa shape index (κ2) is 5.99. The van der Waals surface area contributed by atoms with E-state index in [0.29, 0.717) is 18.2 Å². The van der Waals surface area contributed by atoms with E-state index in [-0.39, 0.29) is 6.42 Å². The highest BCUT2D eigenvalue weighted by Gasteiger charge is 2.05. The molecule has 0 unspecified atom stereocenters. The molecule has 0 radical (unpaired) electrons. The number of rotatable bonds is 5. The topological polar surface area (TPSA) is 62.2 Å². The molecule has 19 heavy (non-hydrogen) atoms. The summed E-state index contributed by atoms with van der Waals surface area (Å²) in [5.41, 5.74) is 2.89. The first-order chi connectivity index (χ1) is 9.06. The van der Waals surface area contributed by atoms with Crippen molar-refractivity contribution < 1.29 is 9.90 Å². The summed E-state index contributed by atoms with van der Waals surface area (Å²) in [5.74, 6) is -0.814. The van der Waals surface area contributed by atoms with Gasteiger partial charge in [-0.05, 0) is 24.6 Å². The average Bonchev–Trinajstić information content (AvgIpc) is 2.34. The Labute approximate surface area is 116 Å². The third kappa shape index (κ3) is 3.66.